The first-order valence-corrected chi connectivity index (χ1v) is 4.00. The molecular formula is C9H16. The van der Waals surface area contributed by atoms with Crippen molar-refractivity contribution in [1.82, 2.24) is 0 Å². The van der Waals surface area contributed by atoms with Crippen molar-refractivity contribution in [2.45, 2.75) is 40.0 Å². The number of hydrogen-bond donors (Lipinski definition) is 0. The highest BCUT2D eigenvalue weighted by atomic mass is 14.3. The van der Waals surface area contributed by atoms with E-state index in [2.05, 4.69) is 20.8 Å². The molecule has 0 aromatic carbocycles. The monoisotopic (exact) mass is 124 g/mol. The highest BCUT2D eigenvalue weighted by Gasteiger charge is 2.21. The van der Waals surface area contributed by atoms with Gasteiger partial charge in [0.1, 0.15) is 0 Å². The zero-order chi connectivity index (χ0) is 6.85. The fraction of sp³-hybridized carbons (Fsp3) is 0.778. The molecule has 0 heteroatoms. The van der Waals surface area contributed by atoms with Gasteiger partial charge in [0, 0.05) is 0 Å². The summed E-state index contributed by atoms with van der Waals surface area (Å²) in [4.78, 5) is 0. The van der Waals surface area contributed by atoms with Crippen LogP contribution in [0.4, 0.5) is 0 Å². The second-order valence-corrected chi connectivity index (χ2v) is 2.94. The Balaban J connectivity index is 2.59. The summed E-state index contributed by atoms with van der Waals surface area (Å²) in [5, 5.41) is 0. The van der Waals surface area contributed by atoms with Crippen molar-refractivity contribution in [3.05, 3.63) is 11.1 Å². The SMILES string of the molecule is CCC1=C(CC)C(C)C1. The average molecular weight is 124 g/mol. The van der Waals surface area contributed by atoms with Crippen LogP contribution in [0.15, 0.2) is 11.1 Å². The molecule has 52 valence electrons. The molecule has 0 spiro atoms. The summed E-state index contributed by atoms with van der Waals surface area (Å²) < 4.78 is 0. The molecule has 1 atom stereocenters. The van der Waals surface area contributed by atoms with E-state index in [9.17, 15) is 0 Å². The van der Waals surface area contributed by atoms with Crippen LogP contribution in [0.3, 0.4) is 0 Å². The lowest BCUT2D eigenvalue weighted by atomic mass is 9.76. The van der Waals surface area contributed by atoms with E-state index < -0.39 is 0 Å². The lowest BCUT2D eigenvalue weighted by Crippen LogP contribution is -2.14. The third kappa shape index (κ3) is 1.03. The molecule has 0 amide bonds. The van der Waals surface area contributed by atoms with Gasteiger partial charge >= 0.3 is 0 Å². The lowest BCUT2D eigenvalue weighted by molar-refractivity contribution is 0.543. The smallest absolute Gasteiger partial charge is 0.0192 e. The van der Waals surface area contributed by atoms with E-state index in [0.717, 1.165) is 5.92 Å². The second kappa shape index (κ2) is 2.55. The standard InChI is InChI=1S/C9H16/c1-4-8-6-7(3)9(8)5-2/h7H,4-6H2,1-3H3. The largest absolute Gasteiger partial charge is 0.0704 e. The van der Waals surface area contributed by atoms with Crippen molar-refractivity contribution < 1.29 is 0 Å². The van der Waals surface area contributed by atoms with Gasteiger partial charge in [0.05, 0.1) is 0 Å². The maximum atomic E-state index is 2.33. The molecule has 0 aromatic heterocycles. The summed E-state index contributed by atoms with van der Waals surface area (Å²) in [6, 6.07) is 0. The Morgan fingerprint density at radius 2 is 2.00 bits per heavy atom. The first-order valence-electron chi connectivity index (χ1n) is 4.00. The Kier molecular flexibility index (Phi) is 1.94. The van der Waals surface area contributed by atoms with E-state index in [1.807, 2.05) is 0 Å². The Morgan fingerprint density at radius 3 is 2.22 bits per heavy atom. The molecule has 0 fully saturated rings. The zero-order valence-corrected chi connectivity index (χ0v) is 6.70. The minimum Gasteiger partial charge on any atom is -0.0704 e. The van der Waals surface area contributed by atoms with Crippen LogP contribution in [0.1, 0.15) is 40.0 Å². The van der Waals surface area contributed by atoms with Crippen LogP contribution in [0, 0.1) is 5.92 Å². The first kappa shape index (κ1) is 6.85. The normalized spacial score (nSPS) is 26.3. The van der Waals surface area contributed by atoms with Crippen LogP contribution in [0.2, 0.25) is 0 Å². The summed E-state index contributed by atoms with van der Waals surface area (Å²) in [5.41, 5.74) is 3.46. The molecule has 0 bridgehead atoms. The van der Waals surface area contributed by atoms with Gasteiger partial charge in [0.25, 0.3) is 0 Å². The molecule has 0 heterocycles. The molecule has 1 aliphatic rings. The third-order valence-electron chi connectivity index (χ3n) is 2.41. The summed E-state index contributed by atoms with van der Waals surface area (Å²) in [6.45, 7) is 6.86. The molecule has 0 saturated heterocycles. The molecule has 1 rings (SSSR count). The van der Waals surface area contributed by atoms with Gasteiger partial charge in [-0.2, -0.15) is 0 Å². The van der Waals surface area contributed by atoms with Crippen molar-refractivity contribution in [2.24, 2.45) is 5.92 Å². The fourth-order valence-electron chi connectivity index (χ4n) is 1.81. The van der Waals surface area contributed by atoms with Gasteiger partial charge in [-0.3, -0.25) is 0 Å². The van der Waals surface area contributed by atoms with Gasteiger partial charge in [-0.1, -0.05) is 31.9 Å². The quantitative estimate of drug-likeness (QED) is 0.496. The average Bonchev–Trinajstić information content (AvgIpc) is 1.83. The van der Waals surface area contributed by atoms with E-state index >= 15 is 0 Å². The minimum atomic E-state index is 0.907. The van der Waals surface area contributed by atoms with E-state index in [-0.39, 0.29) is 0 Å². The summed E-state index contributed by atoms with van der Waals surface area (Å²) in [7, 11) is 0. The highest BCUT2D eigenvalue weighted by molar-refractivity contribution is 5.26. The van der Waals surface area contributed by atoms with E-state index in [1.165, 1.54) is 19.3 Å². The van der Waals surface area contributed by atoms with Gasteiger partial charge in [-0.05, 0) is 25.2 Å². The van der Waals surface area contributed by atoms with Gasteiger partial charge in [-0.25, -0.2) is 0 Å². The minimum absolute atomic E-state index is 0.907. The number of allylic oxidation sites excluding steroid dienone is 2. The first-order chi connectivity index (χ1) is 4.29. The lowest BCUT2D eigenvalue weighted by Gasteiger charge is -2.29. The predicted octanol–water partition coefficient (Wildman–Crippen LogP) is 3.14. The molecule has 0 aliphatic heterocycles. The van der Waals surface area contributed by atoms with Crippen molar-refractivity contribution in [3.8, 4) is 0 Å². The molecule has 0 nitrogen and oxygen atoms in total. The van der Waals surface area contributed by atoms with Crippen molar-refractivity contribution in [1.29, 1.82) is 0 Å². The summed E-state index contributed by atoms with van der Waals surface area (Å²) >= 11 is 0. The topological polar surface area (TPSA) is 0 Å². The zero-order valence-electron chi connectivity index (χ0n) is 6.70. The van der Waals surface area contributed by atoms with Crippen LogP contribution in [-0.4, -0.2) is 0 Å². The van der Waals surface area contributed by atoms with Crippen molar-refractivity contribution in [2.75, 3.05) is 0 Å². The fourth-order valence-corrected chi connectivity index (χ4v) is 1.81. The third-order valence-corrected chi connectivity index (χ3v) is 2.41. The molecule has 0 saturated carbocycles. The molecule has 1 unspecified atom stereocenters. The maximum absolute atomic E-state index is 2.33. The predicted molar refractivity (Wildman–Crippen MR) is 41.4 cm³/mol. The molecule has 0 N–H and O–H groups in total. The Morgan fingerprint density at radius 1 is 1.33 bits per heavy atom. The van der Waals surface area contributed by atoms with Gasteiger partial charge in [0.15, 0.2) is 0 Å². The van der Waals surface area contributed by atoms with Crippen molar-refractivity contribution >= 4 is 0 Å². The summed E-state index contributed by atoms with van der Waals surface area (Å²) in [5.74, 6) is 0.907. The maximum Gasteiger partial charge on any atom is -0.0192 e. The van der Waals surface area contributed by atoms with Gasteiger partial charge < -0.3 is 0 Å². The molecule has 1 aliphatic carbocycles. The number of rotatable bonds is 2. The molecule has 9 heavy (non-hydrogen) atoms. The molecular weight excluding hydrogens is 108 g/mol. The highest BCUT2D eigenvalue weighted by Crippen LogP contribution is 2.37. The van der Waals surface area contributed by atoms with Crippen LogP contribution in [0.5, 0.6) is 0 Å². The Hall–Kier alpha value is -0.260. The Bertz CT molecular complexity index is 131. The second-order valence-electron chi connectivity index (χ2n) is 2.94. The van der Waals surface area contributed by atoms with Gasteiger partial charge in [0.2, 0.25) is 0 Å². The van der Waals surface area contributed by atoms with E-state index in [1.54, 1.807) is 11.1 Å². The van der Waals surface area contributed by atoms with Crippen LogP contribution in [-0.2, 0) is 0 Å². The molecule has 0 radical (unpaired) electrons. The van der Waals surface area contributed by atoms with E-state index in [0.29, 0.717) is 0 Å². The Labute approximate surface area is 58.0 Å². The molecule has 0 aromatic rings. The van der Waals surface area contributed by atoms with Crippen LogP contribution in [0.25, 0.3) is 0 Å². The van der Waals surface area contributed by atoms with Crippen LogP contribution >= 0.6 is 0 Å². The van der Waals surface area contributed by atoms with Gasteiger partial charge in [-0.15, -0.1) is 0 Å². The van der Waals surface area contributed by atoms with E-state index in [4.69, 9.17) is 0 Å². The summed E-state index contributed by atoms with van der Waals surface area (Å²) in [6.07, 6.45) is 3.94. The number of hydrogen-bond acceptors (Lipinski definition) is 0. The van der Waals surface area contributed by atoms with Crippen LogP contribution < -0.4 is 0 Å². The van der Waals surface area contributed by atoms with Crippen molar-refractivity contribution in [3.63, 3.8) is 0 Å².